The molecule has 0 aliphatic carbocycles. The SMILES string of the molecule is CCC(C)CC(=O)NC(C)CCNC(=O)Cc1ccc2cccnc2c1. The quantitative estimate of drug-likeness (QED) is 0.725. The molecule has 0 fully saturated rings. The number of amides is 2. The van der Waals surface area contributed by atoms with E-state index in [0.717, 1.165) is 29.3 Å². The first-order chi connectivity index (χ1) is 12.5. The number of aromatic nitrogens is 1. The van der Waals surface area contributed by atoms with E-state index in [1.54, 1.807) is 6.20 Å². The summed E-state index contributed by atoms with van der Waals surface area (Å²) in [4.78, 5) is 28.3. The van der Waals surface area contributed by atoms with E-state index >= 15 is 0 Å². The lowest BCUT2D eigenvalue weighted by atomic mass is 10.0. The van der Waals surface area contributed by atoms with E-state index in [2.05, 4.69) is 29.5 Å². The third-order valence-electron chi connectivity index (χ3n) is 4.57. The number of carbonyl (C=O) groups is 2. The van der Waals surface area contributed by atoms with Gasteiger partial charge in [-0.2, -0.15) is 0 Å². The van der Waals surface area contributed by atoms with Gasteiger partial charge in [0.15, 0.2) is 0 Å². The van der Waals surface area contributed by atoms with E-state index in [1.165, 1.54) is 0 Å². The van der Waals surface area contributed by atoms with Crippen LogP contribution in [0.1, 0.15) is 45.6 Å². The summed E-state index contributed by atoms with van der Waals surface area (Å²) in [6, 6.07) is 9.85. The van der Waals surface area contributed by atoms with Crippen molar-refractivity contribution < 1.29 is 9.59 Å². The Morgan fingerprint density at radius 3 is 2.73 bits per heavy atom. The van der Waals surface area contributed by atoms with Crippen LogP contribution in [0.4, 0.5) is 0 Å². The van der Waals surface area contributed by atoms with Crippen molar-refractivity contribution in [3.8, 4) is 0 Å². The molecule has 140 valence electrons. The Labute approximate surface area is 155 Å². The van der Waals surface area contributed by atoms with Crippen LogP contribution in [0.2, 0.25) is 0 Å². The van der Waals surface area contributed by atoms with Crippen LogP contribution >= 0.6 is 0 Å². The number of nitrogens with zero attached hydrogens (tertiary/aromatic N) is 1. The molecule has 2 rings (SSSR count). The van der Waals surface area contributed by atoms with E-state index < -0.39 is 0 Å². The highest BCUT2D eigenvalue weighted by Crippen LogP contribution is 2.13. The summed E-state index contributed by atoms with van der Waals surface area (Å²) in [7, 11) is 0. The van der Waals surface area contributed by atoms with Gasteiger partial charge in [-0.1, -0.05) is 38.5 Å². The molecule has 0 saturated carbocycles. The van der Waals surface area contributed by atoms with Gasteiger partial charge < -0.3 is 10.6 Å². The molecule has 26 heavy (non-hydrogen) atoms. The Morgan fingerprint density at radius 2 is 1.96 bits per heavy atom. The fraction of sp³-hybridized carbons (Fsp3) is 0.476. The van der Waals surface area contributed by atoms with E-state index in [4.69, 9.17) is 0 Å². The predicted octanol–water partition coefficient (Wildman–Crippen LogP) is 3.22. The van der Waals surface area contributed by atoms with E-state index in [1.807, 2.05) is 37.3 Å². The normalized spacial score (nSPS) is 13.2. The van der Waals surface area contributed by atoms with Gasteiger partial charge in [-0.3, -0.25) is 14.6 Å². The van der Waals surface area contributed by atoms with Crippen molar-refractivity contribution in [2.45, 2.75) is 52.5 Å². The summed E-state index contributed by atoms with van der Waals surface area (Å²) in [5.41, 5.74) is 1.85. The second-order valence-corrected chi connectivity index (χ2v) is 7.03. The van der Waals surface area contributed by atoms with Crippen LogP contribution in [0, 0.1) is 5.92 Å². The van der Waals surface area contributed by atoms with Gasteiger partial charge in [0.05, 0.1) is 11.9 Å². The van der Waals surface area contributed by atoms with E-state index in [-0.39, 0.29) is 17.9 Å². The van der Waals surface area contributed by atoms with E-state index in [9.17, 15) is 9.59 Å². The minimum absolute atomic E-state index is 0.0154. The van der Waals surface area contributed by atoms with Crippen LogP contribution in [0.3, 0.4) is 0 Å². The summed E-state index contributed by atoms with van der Waals surface area (Å²) in [6.07, 6.45) is 4.37. The van der Waals surface area contributed by atoms with Crippen molar-refractivity contribution in [3.63, 3.8) is 0 Å². The summed E-state index contributed by atoms with van der Waals surface area (Å²) < 4.78 is 0. The molecule has 0 aliphatic rings. The molecule has 5 nitrogen and oxygen atoms in total. The van der Waals surface area contributed by atoms with Gasteiger partial charge in [-0.25, -0.2) is 0 Å². The second kappa shape index (κ2) is 9.90. The molecule has 1 aromatic heterocycles. The number of pyridine rings is 1. The largest absolute Gasteiger partial charge is 0.356 e. The van der Waals surface area contributed by atoms with Crippen molar-refractivity contribution in [2.24, 2.45) is 5.92 Å². The van der Waals surface area contributed by atoms with Gasteiger partial charge in [0, 0.05) is 30.6 Å². The maximum Gasteiger partial charge on any atom is 0.224 e. The maximum atomic E-state index is 12.1. The highest BCUT2D eigenvalue weighted by Gasteiger charge is 2.11. The molecular weight excluding hydrogens is 326 g/mol. The van der Waals surface area contributed by atoms with Crippen LogP contribution < -0.4 is 10.6 Å². The summed E-state index contributed by atoms with van der Waals surface area (Å²) in [6.45, 7) is 6.68. The first-order valence-electron chi connectivity index (χ1n) is 9.37. The third-order valence-corrected chi connectivity index (χ3v) is 4.57. The maximum absolute atomic E-state index is 12.1. The number of hydrogen-bond acceptors (Lipinski definition) is 3. The molecule has 5 heteroatoms. The van der Waals surface area contributed by atoms with Crippen molar-refractivity contribution in [2.75, 3.05) is 6.54 Å². The van der Waals surface area contributed by atoms with Crippen LogP contribution in [0.15, 0.2) is 36.5 Å². The Balaban J connectivity index is 1.71. The predicted molar refractivity (Wildman–Crippen MR) is 105 cm³/mol. The van der Waals surface area contributed by atoms with Crippen molar-refractivity contribution in [1.29, 1.82) is 0 Å². The molecule has 2 amide bonds. The standard InChI is InChI=1S/C21H29N3O2/c1-4-15(2)12-21(26)24-16(3)9-11-23-20(25)14-17-7-8-18-6-5-10-22-19(18)13-17/h5-8,10,13,15-16H,4,9,11-12,14H2,1-3H3,(H,23,25)(H,24,26). The van der Waals surface area contributed by atoms with Gasteiger partial charge in [-0.15, -0.1) is 0 Å². The van der Waals surface area contributed by atoms with Crippen LogP contribution in [0.25, 0.3) is 10.9 Å². The molecule has 0 saturated heterocycles. The fourth-order valence-electron chi connectivity index (χ4n) is 2.76. The zero-order chi connectivity index (χ0) is 18.9. The number of fused-ring (bicyclic) bond motifs is 1. The lowest BCUT2D eigenvalue weighted by Crippen LogP contribution is -2.36. The highest BCUT2D eigenvalue weighted by atomic mass is 16.2. The van der Waals surface area contributed by atoms with Crippen molar-refractivity contribution in [3.05, 3.63) is 42.1 Å². The Morgan fingerprint density at radius 1 is 1.15 bits per heavy atom. The third kappa shape index (κ3) is 6.47. The van der Waals surface area contributed by atoms with Crippen LogP contribution in [-0.4, -0.2) is 29.4 Å². The molecule has 0 bridgehead atoms. The summed E-state index contributed by atoms with van der Waals surface area (Å²) in [5, 5.41) is 6.98. The Kier molecular flexibility index (Phi) is 7.57. The highest BCUT2D eigenvalue weighted by molar-refractivity contribution is 5.83. The molecule has 0 radical (unpaired) electrons. The molecule has 1 aromatic carbocycles. The lowest BCUT2D eigenvalue weighted by Gasteiger charge is -2.16. The van der Waals surface area contributed by atoms with Gasteiger partial charge in [0.2, 0.25) is 11.8 Å². The Bertz CT molecular complexity index is 745. The lowest BCUT2D eigenvalue weighted by molar-refractivity contribution is -0.122. The average Bonchev–Trinajstić information content (AvgIpc) is 2.61. The fourth-order valence-corrected chi connectivity index (χ4v) is 2.76. The molecule has 2 N–H and O–H groups in total. The minimum atomic E-state index is -0.0154. The number of carbonyl (C=O) groups excluding carboxylic acids is 2. The molecule has 2 atom stereocenters. The minimum Gasteiger partial charge on any atom is -0.356 e. The number of hydrogen-bond donors (Lipinski definition) is 2. The average molecular weight is 355 g/mol. The van der Waals surface area contributed by atoms with Gasteiger partial charge in [-0.05, 0) is 37.0 Å². The zero-order valence-electron chi connectivity index (χ0n) is 15.9. The molecule has 2 aromatic rings. The van der Waals surface area contributed by atoms with Crippen LogP contribution in [-0.2, 0) is 16.0 Å². The smallest absolute Gasteiger partial charge is 0.224 e. The van der Waals surface area contributed by atoms with Gasteiger partial charge in [0.1, 0.15) is 0 Å². The molecule has 0 spiro atoms. The summed E-state index contributed by atoms with van der Waals surface area (Å²) in [5.74, 6) is 0.471. The van der Waals surface area contributed by atoms with Crippen LogP contribution in [0.5, 0.6) is 0 Å². The number of rotatable bonds is 9. The molecule has 1 heterocycles. The number of nitrogens with one attached hydrogen (secondary N) is 2. The van der Waals surface area contributed by atoms with Gasteiger partial charge in [0.25, 0.3) is 0 Å². The van der Waals surface area contributed by atoms with Crippen molar-refractivity contribution >= 4 is 22.7 Å². The van der Waals surface area contributed by atoms with E-state index in [0.29, 0.717) is 25.3 Å². The zero-order valence-corrected chi connectivity index (χ0v) is 15.9. The number of benzene rings is 1. The first kappa shape index (κ1) is 19.9. The molecule has 0 aliphatic heterocycles. The van der Waals surface area contributed by atoms with Crippen molar-refractivity contribution in [1.82, 2.24) is 15.6 Å². The second-order valence-electron chi connectivity index (χ2n) is 7.03. The molecule has 2 unspecified atom stereocenters. The summed E-state index contributed by atoms with van der Waals surface area (Å²) >= 11 is 0. The monoisotopic (exact) mass is 355 g/mol. The van der Waals surface area contributed by atoms with Gasteiger partial charge >= 0.3 is 0 Å². The Hall–Kier alpha value is -2.43. The molecular formula is C21H29N3O2. The topological polar surface area (TPSA) is 71.1 Å². The first-order valence-corrected chi connectivity index (χ1v) is 9.37.